The largest absolute Gasteiger partial charge is 0.380 e. The van der Waals surface area contributed by atoms with Crippen LogP contribution in [0.5, 0.6) is 0 Å². The highest BCUT2D eigenvalue weighted by Crippen LogP contribution is 2.38. The molecule has 3 nitrogen and oxygen atoms in total. The second-order valence-electron chi connectivity index (χ2n) is 5.28. The average Bonchev–Trinajstić information content (AvgIpc) is 2.59. The molecular weight excluding hydrogens is 198 g/mol. The van der Waals surface area contributed by atoms with E-state index in [-0.39, 0.29) is 0 Å². The van der Waals surface area contributed by atoms with E-state index in [0.717, 1.165) is 12.1 Å². The number of anilines is 1. The highest BCUT2D eigenvalue weighted by atomic mass is 14.9. The SMILES string of the molecule is CC1(C)CCC(Nc2cnccc2C#N)C1. The minimum atomic E-state index is 0.423. The Kier molecular flexibility index (Phi) is 2.82. The van der Waals surface area contributed by atoms with Crippen LogP contribution in [0.4, 0.5) is 5.69 Å². The van der Waals surface area contributed by atoms with E-state index in [2.05, 4.69) is 30.2 Å². The van der Waals surface area contributed by atoms with Gasteiger partial charge in [0.2, 0.25) is 0 Å². The maximum absolute atomic E-state index is 8.98. The van der Waals surface area contributed by atoms with E-state index in [1.54, 1.807) is 18.5 Å². The minimum absolute atomic E-state index is 0.423. The first-order chi connectivity index (χ1) is 7.61. The van der Waals surface area contributed by atoms with Gasteiger partial charge in [0.1, 0.15) is 6.07 Å². The van der Waals surface area contributed by atoms with Crippen LogP contribution in [0.1, 0.15) is 38.7 Å². The molecule has 0 radical (unpaired) electrons. The zero-order chi connectivity index (χ0) is 11.6. The summed E-state index contributed by atoms with van der Waals surface area (Å²) >= 11 is 0. The van der Waals surface area contributed by atoms with E-state index in [1.807, 2.05) is 0 Å². The van der Waals surface area contributed by atoms with Crippen molar-refractivity contribution in [1.29, 1.82) is 5.26 Å². The van der Waals surface area contributed by atoms with Crippen LogP contribution < -0.4 is 5.32 Å². The van der Waals surface area contributed by atoms with Crippen molar-refractivity contribution in [3.8, 4) is 6.07 Å². The molecule has 1 aromatic rings. The number of rotatable bonds is 2. The van der Waals surface area contributed by atoms with Crippen molar-refractivity contribution in [2.45, 2.75) is 39.2 Å². The Hall–Kier alpha value is -1.56. The fourth-order valence-electron chi connectivity index (χ4n) is 2.39. The van der Waals surface area contributed by atoms with Crippen LogP contribution in [0, 0.1) is 16.7 Å². The molecule has 16 heavy (non-hydrogen) atoms. The van der Waals surface area contributed by atoms with Gasteiger partial charge in [-0.2, -0.15) is 5.26 Å². The summed E-state index contributed by atoms with van der Waals surface area (Å²) in [5.74, 6) is 0. The fraction of sp³-hybridized carbons (Fsp3) is 0.538. The Morgan fingerprint density at radius 1 is 1.56 bits per heavy atom. The standard InChI is InChI=1S/C13H17N3/c1-13(2)5-3-11(7-13)16-12-9-15-6-4-10(12)8-14/h4,6,9,11,16H,3,5,7H2,1-2H3. The maximum Gasteiger partial charge on any atom is 0.101 e. The van der Waals surface area contributed by atoms with Gasteiger partial charge in [0, 0.05) is 12.2 Å². The molecule has 1 aliphatic carbocycles. The van der Waals surface area contributed by atoms with Gasteiger partial charge in [-0.15, -0.1) is 0 Å². The van der Waals surface area contributed by atoms with Gasteiger partial charge in [0.15, 0.2) is 0 Å². The Morgan fingerprint density at radius 3 is 3.00 bits per heavy atom. The zero-order valence-corrected chi connectivity index (χ0v) is 9.83. The third-order valence-electron chi connectivity index (χ3n) is 3.27. The molecule has 1 fully saturated rings. The molecule has 0 bridgehead atoms. The van der Waals surface area contributed by atoms with Crippen LogP contribution in [0.15, 0.2) is 18.5 Å². The van der Waals surface area contributed by atoms with Crippen LogP contribution in [0.2, 0.25) is 0 Å². The van der Waals surface area contributed by atoms with Crippen molar-refractivity contribution >= 4 is 5.69 Å². The highest BCUT2D eigenvalue weighted by Gasteiger charge is 2.30. The summed E-state index contributed by atoms with van der Waals surface area (Å²) < 4.78 is 0. The lowest BCUT2D eigenvalue weighted by Gasteiger charge is -2.18. The number of nitriles is 1. The number of hydrogen-bond acceptors (Lipinski definition) is 3. The molecule has 0 aliphatic heterocycles. The van der Waals surface area contributed by atoms with E-state index in [4.69, 9.17) is 5.26 Å². The van der Waals surface area contributed by atoms with Gasteiger partial charge in [-0.05, 0) is 30.7 Å². The van der Waals surface area contributed by atoms with Crippen molar-refractivity contribution in [3.63, 3.8) is 0 Å². The summed E-state index contributed by atoms with van der Waals surface area (Å²) in [6.45, 7) is 4.59. The monoisotopic (exact) mass is 215 g/mol. The number of hydrogen-bond donors (Lipinski definition) is 1. The highest BCUT2D eigenvalue weighted by molar-refractivity contribution is 5.56. The summed E-state index contributed by atoms with van der Waals surface area (Å²) in [4.78, 5) is 4.06. The third kappa shape index (κ3) is 2.33. The third-order valence-corrected chi connectivity index (χ3v) is 3.27. The number of pyridine rings is 1. The van der Waals surface area contributed by atoms with Gasteiger partial charge in [0.05, 0.1) is 17.4 Å². The van der Waals surface area contributed by atoms with Gasteiger partial charge >= 0.3 is 0 Å². The summed E-state index contributed by atoms with van der Waals surface area (Å²) in [6, 6.07) is 4.42. The van der Waals surface area contributed by atoms with Crippen LogP contribution in [0.3, 0.4) is 0 Å². The molecule has 1 aromatic heterocycles. The Bertz CT molecular complexity index is 417. The summed E-state index contributed by atoms with van der Waals surface area (Å²) in [5.41, 5.74) is 1.97. The molecule has 1 unspecified atom stereocenters. The lowest BCUT2D eigenvalue weighted by Crippen LogP contribution is -2.18. The minimum Gasteiger partial charge on any atom is -0.380 e. The van der Waals surface area contributed by atoms with Crippen LogP contribution in [-0.4, -0.2) is 11.0 Å². The van der Waals surface area contributed by atoms with Crippen LogP contribution in [0.25, 0.3) is 0 Å². The second-order valence-corrected chi connectivity index (χ2v) is 5.28. The lowest BCUT2D eigenvalue weighted by atomic mass is 9.92. The van der Waals surface area contributed by atoms with Crippen LogP contribution in [-0.2, 0) is 0 Å². The molecule has 84 valence electrons. The van der Waals surface area contributed by atoms with Gasteiger partial charge < -0.3 is 5.32 Å². The summed E-state index contributed by atoms with van der Waals surface area (Å²) in [6.07, 6.45) is 6.97. The molecule has 1 heterocycles. The number of aromatic nitrogens is 1. The topological polar surface area (TPSA) is 48.7 Å². The Morgan fingerprint density at radius 2 is 2.38 bits per heavy atom. The van der Waals surface area contributed by atoms with E-state index >= 15 is 0 Å². The average molecular weight is 215 g/mol. The van der Waals surface area contributed by atoms with Crippen molar-refractivity contribution in [2.24, 2.45) is 5.41 Å². The molecule has 0 aromatic carbocycles. The normalized spacial score (nSPS) is 22.7. The summed E-state index contributed by atoms with van der Waals surface area (Å²) in [5, 5.41) is 12.4. The first-order valence-electron chi connectivity index (χ1n) is 5.71. The fourth-order valence-corrected chi connectivity index (χ4v) is 2.39. The number of nitrogens with one attached hydrogen (secondary N) is 1. The predicted molar refractivity (Wildman–Crippen MR) is 64.0 cm³/mol. The number of nitrogens with zero attached hydrogens (tertiary/aromatic N) is 2. The Labute approximate surface area is 96.5 Å². The molecular formula is C13H17N3. The molecule has 1 saturated carbocycles. The van der Waals surface area contributed by atoms with E-state index in [0.29, 0.717) is 17.0 Å². The van der Waals surface area contributed by atoms with Crippen molar-refractivity contribution in [1.82, 2.24) is 4.98 Å². The molecule has 1 aliphatic rings. The molecule has 1 N–H and O–H groups in total. The predicted octanol–water partition coefficient (Wildman–Crippen LogP) is 2.94. The molecule has 0 saturated heterocycles. The lowest BCUT2D eigenvalue weighted by molar-refractivity contribution is 0.378. The van der Waals surface area contributed by atoms with Gasteiger partial charge in [0.25, 0.3) is 0 Å². The molecule has 2 rings (SSSR count). The smallest absolute Gasteiger partial charge is 0.101 e. The second kappa shape index (κ2) is 4.13. The zero-order valence-electron chi connectivity index (χ0n) is 9.83. The Balaban J connectivity index is 2.08. The quantitative estimate of drug-likeness (QED) is 0.825. The van der Waals surface area contributed by atoms with Crippen LogP contribution >= 0.6 is 0 Å². The van der Waals surface area contributed by atoms with E-state index in [9.17, 15) is 0 Å². The van der Waals surface area contributed by atoms with Crippen molar-refractivity contribution in [3.05, 3.63) is 24.0 Å². The molecule has 0 spiro atoms. The van der Waals surface area contributed by atoms with Gasteiger partial charge in [-0.1, -0.05) is 13.8 Å². The van der Waals surface area contributed by atoms with Crippen molar-refractivity contribution < 1.29 is 0 Å². The molecule has 1 atom stereocenters. The van der Waals surface area contributed by atoms with E-state index < -0.39 is 0 Å². The molecule has 0 amide bonds. The first kappa shape index (κ1) is 10.9. The van der Waals surface area contributed by atoms with E-state index in [1.165, 1.54) is 12.8 Å². The van der Waals surface area contributed by atoms with Gasteiger partial charge in [-0.25, -0.2) is 0 Å². The van der Waals surface area contributed by atoms with Gasteiger partial charge in [-0.3, -0.25) is 4.98 Å². The first-order valence-corrected chi connectivity index (χ1v) is 5.71. The molecule has 3 heteroatoms. The maximum atomic E-state index is 8.98. The van der Waals surface area contributed by atoms with Crippen molar-refractivity contribution in [2.75, 3.05) is 5.32 Å². The summed E-state index contributed by atoms with van der Waals surface area (Å²) in [7, 11) is 0.